The monoisotopic (exact) mass is 257 g/mol. The van der Waals surface area contributed by atoms with Gasteiger partial charge in [-0.25, -0.2) is 8.78 Å². The molecule has 1 nitrogen and oxygen atoms in total. The van der Waals surface area contributed by atoms with E-state index >= 15 is 0 Å². The van der Waals surface area contributed by atoms with Crippen LogP contribution in [0.1, 0.15) is 51.4 Å². The SMILES string of the molecule is N#CCCCCCCCC(F)(F)CC(F)(F)F. The van der Waals surface area contributed by atoms with Crippen molar-refractivity contribution in [3.8, 4) is 6.07 Å². The summed E-state index contributed by atoms with van der Waals surface area (Å²) < 4.78 is 60.8. The molecule has 0 radical (unpaired) electrons. The third-order valence-corrected chi connectivity index (χ3v) is 2.29. The highest BCUT2D eigenvalue weighted by Gasteiger charge is 2.42. The smallest absolute Gasteiger partial charge is 0.207 e. The van der Waals surface area contributed by atoms with Crippen LogP contribution in [0.15, 0.2) is 0 Å². The van der Waals surface area contributed by atoms with Gasteiger partial charge in [0.1, 0.15) is 6.42 Å². The predicted molar refractivity (Wildman–Crippen MR) is 53.6 cm³/mol. The van der Waals surface area contributed by atoms with E-state index in [0.717, 1.165) is 12.8 Å². The van der Waals surface area contributed by atoms with Gasteiger partial charge in [0, 0.05) is 12.8 Å². The van der Waals surface area contributed by atoms with Crippen LogP contribution >= 0.6 is 0 Å². The molecule has 0 amide bonds. The highest BCUT2D eigenvalue weighted by atomic mass is 19.4. The predicted octanol–water partition coefficient (Wildman–Crippen LogP) is 4.83. The van der Waals surface area contributed by atoms with Crippen LogP contribution in [-0.2, 0) is 0 Å². The number of hydrogen-bond donors (Lipinski definition) is 0. The van der Waals surface area contributed by atoms with Crippen molar-refractivity contribution in [2.75, 3.05) is 0 Å². The summed E-state index contributed by atoms with van der Waals surface area (Å²) in [6.07, 6.45) is -4.38. The zero-order valence-corrected chi connectivity index (χ0v) is 9.49. The van der Waals surface area contributed by atoms with Gasteiger partial charge in [0.15, 0.2) is 0 Å². The standard InChI is InChI=1S/C11H16F5N/c12-10(13,9-11(14,15)16)7-5-3-1-2-4-6-8-17/h1-7,9H2. The Kier molecular flexibility index (Phi) is 7.09. The molecule has 0 N–H and O–H groups in total. The van der Waals surface area contributed by atoms with E-state index in [4.69, 9.17) is 5.26 Å². The van der Waals surface area contributed by atoms with Crippen molar-refractivity contribution >= 4 is 0 Å². The zero-order valence-electron chi connectivity index (χ0n) is 9.49. The maximum Gasteiger partial charge on any atom is 0.394 e. The van der Waals surface area contributed by atoms with Crippen LogP contribution in [0.3, 0.4) is 0 Å². The minimum Gasteiger partial charge on any atom is -0.207 e. The average molecular weight is 257 g/mol. The van der Waals surface area contributed by atoms with E-state index in [0.29, 0.717) is 19.3 Å². The Balaban J connectivity index is 3.56. The van der Waals surface area contributed by atoms with Gasteiger partial charge in [0.2, 0.25) is 0 Å². The van der Waals surface area contributed by atoms with E-state index in [-0.39, 0.29) is 6.42 Å². The molecule has 0 atom stereocenters. The molecule has 17 heavy (non-hydrogen) atoms. The second-order valence-corrected chi connectivity index (χ2v) is 4.07. The molecule has 0 aromatic rings. The normalized spacial score (nSPS) is 12.5. The molecule has 0 fully saturated rings. The molecule has 0 saturated heterocycles. The molecule has 6 heteroatoms. The largest absolute Gasteiger partial charge is 0.394 e. The Morgan fingerprint density at radius 1 is 0.824 bits per heavy atom. The third-order valence-electron chi connectivity index (χ3n) is 2.29. The van der Waals surface area contributed by atoms with Crippen LogP contribution in [0.5, 0.6) is 0 Å². The molecule has 0 aromatic heterocycles. The number of halogens is 5. The molecule has 0 unspecified atom stereocenters. The molecule has 0 aromatic carbocycles. The fourth-order valence-electron chi connectivity index (χ4n) is 1.50. The van der Waals surface area contributed by atoms with Gasteiger partial charge in [-0.3, -0.25) is 0 Å². The zero-order chi connectivity index (χ0) is 13.4. The minimum atomic E-state index is -4.81. The number of nitrogens with zero attached hydrogens (tertiary/aromatic N) is 1. The Labute approximate surface area is 97.6 Å². The van der Waals surface area contributed by atoms with E-state index in [2.05, 4.69) is 0 Å². The van der Waals surface area contributed by atoms with Crippen molar-refractivity contribution in [3.05, 3.63) is 0 Å². The molecular weight excluding hydrogens is 241 g/mol. The van der Waals surface area contributed by atoms with Gasteiger partial charge in [-0.1, -0.05) is 19.3 Å². The van der Waals surface area contributed by atoms with Gasteiger partial charge in [-0.2, -0.15) is 18.4 Å². The van der Waals surface area contributed by atoms with Crippen LogP contribution in [0.2, 0.25) is 0 Å². The summed E-state index contributed by atoms with van der Waals surface area (Å²) in [5.74, 6) is -3.65. The number of rotatable bonds is 8. The molecule has 0 bridgehead atoms. The molecular formula is C11H16F5N. The lowest BCUT2D eigenvalue weighted by molar-refractivity contribution is -0.189. The van der Waals surface area contributed by atoms with Crippen molar-refractivity contribution in [2.45, 2.75) is 63.5 Å². The molecule has 100 valence electrons. The first-order chi connectivity index (χ1) is 7.77. The molecule has 0 aliphatic heterocycles. The fourth-order valence-corrected chi connectivity index (χ4v) is 1.50. The lowest BCUT2D eigenvalue weighted by Gasteiger charge is -2.17. The fraction of sp³-hybridized carbons (Fsp3) is 0.909. The van der Waals surface area contributed by atoms with E-state index in [1.54, 1.807) is 0 Å². The van der Waals surface area contributed by atoms with Gasteiger partial charge in [0.25, 0.3) is 5.92 Å². The molecule has 0 rings (SSSR count). The maximum absolute atomic E-state index is 12.8. The van der Waals surface area contributed by atoms with Crippen molar-refractivity contribution < 1.29 is 22.0 Å². The van der Waals surface area contributed by atoms with Gasteiger partial charge in [-0.05, 0) is 12.8 Å². The number of hydrogen-bond acceptors (Lipinski definition) is 1. The lowest BCUT2D eigenvalue weighted by Crippen LogP contribution is -2.25. The minimum absolute atomic E-state index is 0.0929. The Morgan fingerprint density at radius 2 is 1.35 bits per heavy atom. The summed E-state index contributed by atoms with van der Waals surface area (Å²) in [5.41, 5.74) is 0. The lowest BCUT2D eigenvalue weighted by atomic mass is 10.0. The van der Waals surface area contributed by atoms with Crippen LogP contribution in [0.4, 0.5) is 22.0 Å². The molecule has 0 heterocycles. The summed E-state index contributed by atoms with van der Waals surface area (Å²) in [5, 5.41) is 8.23. The van der Waals surface area contributed by atoms with Gasteiger partial charge in [-0.15, -0.1) is 0 Å². The molecule has 0 saturated carbocycles. The summed E-state index contributed by atoms with van der Waals surface area (Å²) in [4.78, 5) is 0. The summed E-state index contributed by atoms with van der Waals surface area (Å²) in [6, 6.07) is 1.96. The van der Waals surface area contributed by atoms with Gasteiger partial charge in [0.05, 0.1) is 6.07 Å². The summed E-state index contributed by atoms with van der Waals surface area (Å²) >= 11 is 0. The highest BCUT2D eigenvalue weighted by molar-refractivity contribution is 4.71. The third kappa shape index (κ3) is 11.4. The van der Waals surface area contributed by atoms with E-state index in [9.17, 15) is 22.0 Å². The quantitative estimate of drug-likeness (QED) is 0.451. The van der Waals surface area contributed by atoms with Crippen molar-refractivity contribution in [3.63, 3.8) is 0 Å². The van der Waals surface area contributed by atoms with Crippen LogP contribution in [0.25, 0.3) is 0 Å². The molecule has 0 aliphatic carbocycles. The topological polar surface area (TPSA) is 23.8 Å². The Morgan fingerprint density at radius 3 is 1.88 bits per heavy atom. The van der Waals surface area contributed by atoms with Crippen molar-refractivity contribution in [1.82, 2.24) is 0 Å². The van der Waals surface area contributed by atoms with E-state index in [1.807, 2.05) is 6.07 Å². The van der Waals surface area contributed by atoms with E-state index in [1.165, 1.54) is 0 Å². The van der Waals surface area contributed by atoms with Gasteiger partial charge >= 0.3 is 6.18 Å². The number of nitriles is 1. The maximum atomic E-state index is 12.8. The summed E-state index contributed by atoms with van der Waals surface area (Å²) in [7, 11) is 0. The second kappa shape index (κ2) is 7.46. The molecule has 0 aliphatic rings. The number of unbranched alkanes of at least 4 members (excludes halogenated alkanes) is 5. The van der Waals surface area contributed by atoms with Crippen LogP contribution < -0.4 is 0 Å². The van der Waals surface area contributed by atoms with Crippen LogP contribution in [-0.4, -0.2) is 12.1 Å². The second-order valence-electron chi connectivity index (χ2n) is 4.07. The van der Waals surface area contributed by atoms with Crippen molar-refractivity contribution in [1.29, 1.82) is 5.26 Å². The highest BCUT2D eigenvalue weighted by Crippen LogP contribution is 2.35. The van der Waals surface area contributed by atoms with Crippen molar-refractivity contribution in [2.24, 2.45) is 0 Å². The summed E-state index contributed by atoms with van der Waals surface area (Å²) in [6.45, 7) is 0. The number of alkyl halides is 5. The van der Waals surface area contributed by atoms with Gasteiger partial charge < -0.3 is 0 Å². The van der Waals surface area contributed by atoms with Crippen LogP contribution in [0, 0.1) is 11.3 Å². The average Bonchev–Trinajstić information content (AvgIpc) is 2.12. The van der Waals surface area contributed by atoms with E-state index < -0.39 is 24.9 Å². The first kappa shape index (κ1) is 16.1. The Hall–Kier alpha value is -0.860. The Bertz CT molecular complexity index is 241. The first-order valence-electron chi connectivity index (χ1n) is 5.58. The first-order valence-corrected chi connectivity index (χ1v) is 5.58. The molecule has 0 spiro atoms.